The molecule has 0 spiro atoms. The Kier molecular flexibility index (Phi) is 6.38. The van der Waals surface area contributed by atoms with Crippen molar-refractivity contribution in [3.63, 3.8) is 0 Å². The highest BCUT2D eigenvalue weighted by Crippen LogP contribution is 2.28. The van der Waals surface area contributed by atoms with Crippen LogP contribution in [0.25, 0.3) is 21.5 Å². The molecule has 2 amide bonds. The summed E-state index contributed by atoms with van der Waals surface area (Å²) in [6, 6.07) is 21.5. The number of likely N-dealkylation sites (tertiary alicyclic amines) is 1. The van der Waals surface area contributed by atoms with E-state index >= 15 is 0 Å². The lowest BCUT2D eigenvalue weighted by molar-refractivity contribution is -0.123. The highest BCUT2D eigenvalue weighted by molar-refractivity contribution is 7.13. The summed E-state index contributed by atoms with van der Waals surface area (Å²) in [7, 11) is 0. The maximum atomic E-state index is 13.4. The second-order valence-electron chi connectivity index (χ2n) is 8.66. The Morgan fingerprint density at radius 2 is 1.85 bits per heavy atom. The van der Waals surface area contributed by atoms with E-state index < -0.39 is 0 Å². The van der Waals surface area contributed by atoms with Crippen LogP contribution in [-0.2, 0) is 11.3 Å². The number of carbonyl (C=O) groups is 2. The van der Waals surface area contributed by atoms with Gasteiger partial charge >= 0.3 is 0 Å². The van der Waals surface area contributed by atoms with Crippen molar-refractivity contribution in [3.8, 4) is 10.6 Å². The summed E-state index contributed by atoms with van der Waals surface area (Å²) in [5.41, 5.74) is 9.53. The summed E-state index contributed by atoms with van der Waals surface area (Å²) in [5.74, 6) is -0.373. The molecule has 6 nitrogen and oxygen atoms in total. The minimum absolute atomic E-state index is 0.0175. The third-order valence-electron chi connectivity index (χ3n) is 6.32. The minimum atomic E-state index is -0.199. The number of hydrogen-bond donors (Lipinski definition) is 2. The largest absolute Gasteiger partial charge is 0.369 e. The molecule has 4 aromatic rings. The molecule has 1 fully saturated rings. The van der Waals surface area contributed by atoms with Crippen LogP contribution in [0.3, 0.4) is 0 Å². The molecule has 0 atom stereocenters. The number of benzene rings is 2. The summed E-state index contributed by atoms with van der Waals surface area (Å²) >= 11 is 1.60. The first-order chi connectivity index (χ1) is 16.6. The molecule has 5 rings (SSSR count). The van der Waals surface area contributed by atoms with Crippen LogP contribution >= 0.6 is 11.3 Å². The molecule has 3 heterocycles. The average Bonchev–Trinajstić information content (AvgIpc) is 3.39. The number of amides is 2. The van der Waals surface area contributed by atoms with Crippen molar-refractivity contribution in [2.45, 2.75) is 19.4 Å². The van der Waals surface area contributed by atoms with E-state index in [-0.39, 0.29) is 17.7 Å². The van der Waals surface area contributed by atoms with Crippen LogP contribution in [0.5, 0.6) is 0 Å². The molecule has 7 heteroatoms. The van der Waals surface area contributed by atoms with Crippen molar-refractivity contribution in [3.05, 3.63) is 83.2 Å². The van der Waals surface area contributed by atoms with E-state index in [4.69, 9.17) is 10.7 Å². The van der Waals surface area contributed by atoms with Crippen molar-refractivity contribution < 1.29 is 9.59 Å². The second-order valence-corrected chi connectivity index (χ2v) is 9.60. The van der Waals surface area contributed by atoms with Crippen LogP contribution in [0, 0.1) is 5.92 Å². The van der Waals surface area contributed by atoms with E-state index in [2.05, 4.69) is 16.3 Å². The molecule has 0 unspecified atom stereocenters. The summed E-state index contributed by atoms with van der Waals surface area (Å²) in [6.45, 7) is 2.47. The molecule has 34 heavy (non-hydrogen) atoms. The Balaban J connectivity index is 1.35. The topological polar surface area (TPSA) is 88.3 Å². The van der Waals surface area contributed by atoms with E-state index in [0.717, 1.165) is 65.2 Å². The third kappa shape index (κ3) is 4.85. The summed E-state index contributed by atoms with van der Waals surface area (Å²) in [4.78, 5) is 32.9. The van der Waals surface area contributed by atoms with E-state index in [1.165, 1.54) is 0 Å². The number of nitrogens with one attached hydrogen (secondary N) is 1. The van der Waals surface area contributed by atoms with Gasteiger partial charge in [-0.25, -0.2) is 4.98 Å². The Labute approximate surface area is 202 Å². The zero-order valence-corrected chi connectivity index (χ0v) is 19.6. The van der Waals surface area contributed by atoms with Gasteiger partial charge in [0.1, 0.15) is 0 Å². The molecule has 3 N–H and O–H groups in total. The van der Waals surface area contributed by atoms with Crippen LogP contribution in [0.4, 0.5) is 5.69 Å². The van der Waals surface area contributed by atoms with Crippen molar-refractivity contribution in [1.29, 1.82) is 0 Å². The number of nitrogens with two attached hydrogens (primary N) is 1. The SMILES string of the molecule is NC(=O)C1CCN(Cc2cccc(NC(=O)c3cc(-c4cccs4)nc4ccccc34)c2)CC1. The Morgan fingerprint density at radius 3 is 2.62 bits per heavy atom. The lowest BCUT2D eigenvalue weighted by Gasteiger charge is -2.30. The lowest BCUT2D eigenvalue weighted by atomic mass is 9.96. The Bertz CT molecular complexity index is 1330. The molecular weight excluding hydrogens is 444 g/mol. The number of aromatic nitrogens is 1. The number of para-hydroxylation sites is 1. The van der Waals surface area contributed by atoms with Gasteiger partial charge in [-0.2, -0.15) is 0 Å². The first-order valence-corrected chi connectivity index (χ1v) is 12.3. The zero-order valence-electron chi connectivity index (χ0n) is 18.7. The molecular formula is C27H26N4O2S. The van der Waals surface area contributed by atoms with Gasteiger partial charge in [-0.3, -0.25) is 14.5 Å². The van der Waals surface area contributed by atoms with Crippen molar-refractivity contribution >= 4 is 39.7 Å². The number of primary amides is 1. The number of pyridine rings is 1. The third-order valence-corrected chi connectivity index (χ3v) is 7.21. The first-order valence-electron chi connectivity index (χ1n) is 11.4. The molecule has 2 aromatic heterocycles. The Morgan fingerprint density at radius 1 is 1.03 bits per heavy atom. The van der Waals surface area contributed by atoms with Gasteiger partial charge in [-0.15, -0.1) is 11.3 Å². The van der Waals surface area contributed by atoms with Crippen LogP contribution < -0.4 is 11.1 Å². The Hall–Kier alpha value is -3.55. The van der Waals surface area contributed by atoms with Crippen molar-refractivity contribution in [2.75, 3.05) is 18.4 Å². The minimum Gasteiger partial charge on any atom is -0.369 e. The highest BCUT2D eigenvalue weighted by Gasteiger charge is 2.23. The monoisotopic (exact) mass is 470 g/mol. The molecule has 172 valence electrons. The smallest absolute Gasteiger partial charge is 0.256 e. The number of rotatable bonds is 6. The number of hydrogen-bond acceptors (Lipinski definition) is 5. The molecule has 0 aliphatic carbocycles. The van der Waals surface area contributed by atoms with E-state index in [1.807, 2.05) is 66.0 Å². The molecule has 1 aliphatic heterocycles. The molecule has 0 radical (unpaired) electrons. The number of carbonyl (C=O) groups excluding carboxylic acids is 2. The fourth-order valence-electron chi connectivity index (χ4n) is 4.49. The van der Waals surface area contributed by atoms with Gasteiger partial charge in [-0.05, 0) is 67.2 Å². The van der Waals surface area contributed by atoms with Gasteiger partial charge in [0.2, 0.25) is 5.91 Å². The van der Waals surface area contributed by atoms with Crippen molar-refractivity contribution in [2.24, 2.45) is 11.7 Å². The van der Waals surface area contributed by atoms with E-state index in [1.54, 1.807) is 11.3 Å². The fourth-order valence-corrected chi connectivity index (χ4v) is 5.18. The predicted octanol–water partition coefficient (Wildman–Crippen LogP) is 4.91. The summed E-state index contributed by atoms with van der Waals surface area (Å²) in [6.07, 6.45) is 1.60. The van der Waals surface area contributed by atoms with E-state index in [0.29, 0.717) is 5.56 Å². The maximum Gasteiger partial charge on any atom is 0.256 e. The van der Waals surface area contributed by atoms with Gasteiger partial charge in [0.15, 0.2) is 0 Å². The summed E-state index contributed by atoms with van der Waals surface area (Å²) in [5, 5.41) is 5.91. The van der Waals surface area contributed by atoms with Crippen LogP contribution in [0.1, 0.15) is 28.8 Å². The van der Waals surface area contributed by atoms with E-state index in [9.17, 15) is 9.59 Å². The highest BCUT2D eigenvalue weighted by atomic mass is 32.1. The second kappa shape index (κ2) is 9.75. The molecule has 2 aromatic carbocycles. The standard InChI is InChI=1S/C27H26N4O2S/c28-26(32)19-10-12-31(13-11-19)17-18-5-3-6-20(15-18)29-27(33)22-16-24(25-9-4-14-34-25)30-23-8-2-1-7-21(22)23/h1-9,14-16,19H,10-13,17H2,(H2,28,32)(H,29,33). The van der Waals surface area contributed by atoms with Gasteiger partial charge in [0, 0.05) is 23.5 Å². The van der Waals surface area contributed by atoms with Crippen LogP contribution in [-0.4, -0.2) is 34.8 Å². The predicted molar refractivity (Wildman–Crippen MR) is 137 cm³/mol. The van der Waals surface area contributed by atoms with Gasteiger partial charge in [-0.1, -0.05) is 36.4 Å². The number of fused-ring (bicyclic) bond motifs is 1. The lowest BCUT2D eigenvalue weighted by Crippen LogP contribution is -2.38. The maximum absolute atomic E-state index is 13.4. The van der Waals surface area contributed by atoms with Gasteiger partial charge < -0.3 is 11.1 Å². The normalized spacial score (nSPS) is 14.8. The zero-order chi connectivity index (χ0) is 23.5. The van der Waals surface area contributed by atoms with Crippen LogP contribution in [0.2, 0.25) is 0 Å². The quantitative estimate of drug-likeness (QED) is 0.419. The molecule has 0 saturated carbocycles. The number of anilines is 1. The number of thiophene rings is 1. The fraction of sp³-hybridized carbons (Fsp3) is 0.222. The number of nitrogens with zero attached hydrogens (tertiary/aromatic N) is 2. The first kappa shape index (κ1) is 22.3. The van der Waals surface area contributed by atoms with Crippen molar-refractivity contribution in [1.82, 2.24) is 9.88 Å². The molecule has 1 aliphatic rings. The van der Waals surface area contributed by atoms with Gasteiger partial charge in [0.25, 0.3) is 5.91 Å². The molecule has 0 bridgehead atoms. The number of piperidine rings is 1. The molecule has 1 saturated heterocycles. The average molecular weight is 471 g/mol. The van der Waals surface area contributed by atoms with Crippen LogP contribution in [0.15, 0.2) is 72.1 Å². The van der Waals surface area contributed by atoms with Gasteiger partial charge in [0.05, 0.1) is 21.7 Å². The summed E-state index contributed by atoms with van der Waals surface area (Å²) < 4.78 is 0.